The molecular weight excluding hydrogens is 582 g/mol. The average Bonchev–Trinajstić information content (AvgIpc) is 3.60. The minimum Gasteiger partial charge on any atom is -0.448 e. The summed E-state index contributed by atoms with van der Waals surface area (Å²) in [4.78, 5) is 48.4. The number of hydrogen-bond acceptors (Lipinski definition) is 6. The van der Waals surface area contributed by atoms with Gasteiger partial charge in [0.15, 0.2) is 0 Å². The number of imidazole rings is 1. The van der Waals surface area contributed by atoms with E-state index in [2.05, 4.69) is 34.6 Å². The van der Waals surface area contributed by atoms with Gasteiger partial charge in [0.1, 0.15) is 24.1 Å². The molecule has 1 atom stereocenters. The van der Waals surface area contributed by atoms with Crippen molar-refractivity contribution in [1.82, 2.24) is 24.5 Å². The maximum Gasteiger partial charge on any atom is 0.411 e. The molecule has 2 aromatic heterocycles. The number of piperazine rings is 1. The van der Waals surface area contributed by atoms with E-state index in [-0.39, 0.29) is 32.2 Å². The van der Waals surface area contributed by atoms with Crippen molar-refractivity contribution in [2.24, 2.45) is 0 Å². The van der Waals surface area contributed by atoms with Gasteiger partial charge in [0.2, 0.25) is 5.91 Å². The number of nitrogens with zero attached hydrogens (tertiary/aromatic N) is 4. The lowest BCUT2D eigenvalue weighted by Gasteiger charge is -2.41. The third kappa shape index (κ3) is 5.91. The van der Waals surface area contributed by atoms with Crippen LogP contribution in [-0.2, 0) is 19.8 Å². The third-order valence-electron chi connectivity index (χ3n) is 8.68. The lowest BCUT2D eigenvalue weighted by molar-refractivity contribution is -0.130. The van der Waals surface area contributed by atoms with Crippen molar-refractivity contribution in [2.75, 3.05) is 26.2 Å². The fourth-order valence-corrected chi connectivity index (χ4v) is 6.47. The first-order chi connectivity index (χ1) is 21.8. The zero-order valence-electron chi connectivity index (χ0n) is 27.2. The Morgan fingerprint density at radius 2 is 1.54 bits per heavy atom. The zero-order valence-corrected chi connectivity index (χ0v) is 27.2. The largest absolute Gasteiger partial charge is 0.448 e. The molecule has 0 spiro atoms. The van der Waals surface area contributed by atoms with Gasteiger partial charge >= 0.3 is 12.2 Å². The Labute approximate surface area is 269 Å². The molecule has 4 aromatic rings. The molecule has 1 saturated heterocycles. The molecule has 10 heteroatoms. The van der Waals surface area contributed by atoms with Gasteiger partial charge < -0.3 is 24.1 Å². The van der Waals surface area contributed by atoms with Gasteiger partial charge in [-0.25, -0.2) is 14.6 Å². The highest BCUT2D eigenvalue weighted by Gasteiger charge is 2.42. The average molecular weight is 624 g/mol. The lowest BCUT2D eigenvalue weighted by atomic mass is 9.98. The van der Waals surface area contributed by atoms with Crippen LogP contribution in [0.2, 0.25) is 0 Å². The molecule has 1 fully saturated rings. The van der Waals surface area contributed by atoms with Crippen molar-refractivity contribution in [3.8, 4) is 11.1 Å². The Hall–Kier alpha value is -4.86. The molecule has 2 aromatic carbocycles. The minimum atomic E-state index is -1.00. The maximum absolute atomic E-state index is 14.0. The standard InChI is InChI=1S/C36H41N5O5/c1-23-12-11-17-40-29(23)20-37-32(40)36(5,6)38-31(42)30-21-39(18-19-41(30)34(44)46-35(2,3)4)33(43)45-22-28-26-15-9-7-13-24(26)25-14-8-10-16-27(25)28/h7-17,20,28,30H,18-19,21-22H2,1-6H3,(H,38,42)/t30-/m0/s1. The van der Waals surface area contributed by atoms with E-state index in [0.29, 0.717) is 5.82 Å². The highest BCUT2D eigenvalue weighted by molar-refractivity contribution is 5.87. The molecule has 6 rings (SSSR count). The molecule has 3 amide bonds. The van der Waals surface area contributed by atoms with Crippen LogP contribution in [0.1, 0.15) is 63.1 Å². The number of aromatic nitrogens is 2. The number of ether oxygens (including phenoxy) is 2. The number of hydrogen-bond donors (Lipinski definition) is 1. The number of aryl methyl sites for hydroxylation is 1. The Balaban J connectivity index is 1.20. The smallest absolute Gasteiger partial charge is 0.411 e. The maximum atomic E-state index is 14.0. The molecule has 1 aliphatic carbocycles. The van der Waals surface area contributed by atoms with Crippen molar-refractivity contribution >= 4 is 23.6 Å². The number of benzene rings is 2. The molecule has 1 aliphatic heterocycles. The topological polar surface area (TPSA) is 105 Å². The minimum absolute atomic E-state index is 0.0424. The van der Waals surface area contributed by atoms with Gasteiger partial charge in [0, 0.05) is 25.2 Å². The summed E-state index contributed by atoms with van der Waals surface area (Å²) < 4.78 is 13.5. The normalized spacial score (nSPS) is 16.6. The van der Waals surface area contributed by atoms with Crippen molar-refractivity contribution in [3.63, 3.8) is 0 Å². The predicted octanol–water partition coefficient (Wildman–Crippen LogP) is 5.86. The Morgan fingerprint density at radius 3 is 2.20 bits per heavy atom. The summed E-state index contributed by atoms with van der Waals surface area (Å²) in [5, 5.41) is 3.10. The summed E-state index contributed by atoms with van der Waals surface area (Å²) >= 11 is 0. The molecule has 0 bridgehead atoms. The summed E-state index contributed by atoms with van der Waals surface area (Å²) in [6.07, 6.45) is 2.55. The Morgan fingerprint density at radius 1 is 0.891 bits per heavy atom. The van der Waals surface area contributed by atoms with E-state index >= 15 is 0 Å². The molecule has 0 radical (unpaired) electrons. The number of rotatable bonds is 5. The van der Waals surface area contributed by atoms with Crippen LogP contribution in [-0.4, -0.2) is 75.2 Å². The molecule has 0 saturated carbocycles. The van der Waals surface area contributed by atoms with Gasteiger partial charge in [-0.1, -0.05) is 54.6 Å². The second kappa shape index (κ2) is 11.8. The first kappa shape index (κ1) is 31.1. The van der Waals surface area contributed by atoms with Gasteiger partial charge in [0.05, 0.1) is 23.8 Å². The number of carbonyl (C=O) groups excluding carboxylic acids is 3. The van der Waals surface area contributed by atoms with Crippen molar-refractivity contribution < 1.29 is 23.9 Å². The molecule has 0 unspecified atom stereocenters. The van der Waals surface area contributed by atoms with Crippen LogP contribution in [0.4, 0.5) is 9.59 Å². The number of amides is 3. The Kier molecular flexibility index (Phi) is 8.00. The third-order valence-corrected chi connectivity index (χ3v) is 8.68. The van der Waals surface area contributed by atoms with Gasteiger partial charge in [-0.05, 0) is 75.4 Å². The van der Waals surface area contributed by atoms with E-state index in [0.717, 1.165) is 33.3 Å². The number of pyridine rings is 1. The summed E-state index contributed by atoms with van der Waals surface area (Å²) in [6, 6.07) is 19.3. The van der Waals surface area contributed by atoms with E-state index in [1.807, 2.05) is 67.8 Å². The van der Waals surface area contributed by atoms with E-state index in [1.54, 1.807) is 27.0 Å². The van der Waals surface area contributed by atoms with Gasteiger partial charge in [-0.15, -0.1) is 0 Å². The Bertz CT molecular complexity index is 1760. The van der Waals surface area contributed by atoms with Crippen LogP contribution in [0, 0.1) is 6.92 Å². The molecule has 240 valence electrons. The first-order valence-corrected chi connectivity index (χ1v) is 15.7. The monoisotopic (exact) mass is 623 g/mol. The SMILES string of the molecule is Cc1cccn2c(C(C)(C)NC(=O)[C@@H]3CN(C(=O)OCC4c5ccccc5-c5ccccc54)CCN3C(=O)OC(C)(C)C)ncc12. The van der Waals surface area contributed by atoms with Crippen LogP contribution in [0.3, 0.4) is 0 Å². The first-order valence-electron chi connectivity index (χ1n) is 15.7. The fraction of sp³-hybridized carbons (Fsp3) is 0.389. The van der Waals surface area contributed by atoms with Gasteiger partial charge in [0.25, 0.3) is 0 Å². The number of carbonyl (C=O) groups is 3. The summed E-state index contributed by atoms with van der Waals surface area (Å²) in [6.45, 7) is 11.5. The lowest BCUT2D eigenvalue weighted by Crippen LogP contribution is -2.63. The molecule has 10 nitrogen and oxygen atoms in total. The van der Waals surface area contributed by atoms with Crippen molar-refractivity contribution in [2.45, 2.75) is 64.6 Å². The zero-order chi connectivity index (χ0) is 32.8. The van der Waals surface area contributed by atoms with Crippen LogP contribution in [0.5, 0.6) is 0 Å². The quantitative estimate of drug-likeness (QED) is 0.299. The van der Waals surface area contributed by atoms with E-state index < -0.39 is 35.3 Å². The van der Waals surface area contributed by atoms with E-state index in [4.69, 9.17) is 9.47 Å². The van der Waals surface area contributed by atoms with Crippen LogP contribution in [0.25, 0.3) is 16.6 Å². The summed E-state index contributed by atoms with van der Waals surface area (Å²) in [7, 11) is 0. The van der Waals surface area contributed by atoms with Crippen LogP contribution < -0.4 is 5.32 Å². The second-order valence-electron chi connectivity index (χ2n) is 13.6. The van der Waals surface area contributed by atoms with Gasteiger partial charge in [-0.2, -0.15) is 0 Å². The number of fused-ring (bicyclic) bond motifs is 4. The van der Waals surface area contributed by atoms with E-state index in [9.17, 15) is 14.4 Å². The van der Waals surface area contributed by atoms with Crippen molar-refractivity contribution in [3.05, 3.63) is 95.6 Å². The number of nitrogens with one attached hydrogen (secondary N) is 1. The molecule has 1 N–H and O–H groups in total. The predicted molar refractivity (Wildman–Crippen MR) is 174 cm³/mol. The van der Waals surface area contributed by atoms with Gasteiger partial charge in [-0.3, -0.25) is 9.69 Å². The highest BCUT2D eigenvalue weighted by Crippen LogP contribution is 2.44. The summed E-state index contributed by atoms with van der Waals surface area (Å²) in [5.41, 5.74) is 4.87. The van der Waals surface area contributed by atoms with E-state index in [1.165, 1.54) is 9.80 Å². The fourth-order valence-electron chi connectivity index (χ4n) is 6.47. The highest BCUT2D eigenvalue weighted by atomic mass is 16.6. The molecule has 3 heterocycles. The van der Waals surface area contributed by atoms with Crippen LogP contribution in [0.15, 0.2) is 73.1 Å². The van der Waals surface area contributed by atoms with Crippen molar-refractivity contribution in [1.29, 1.82) is 0 Å². The molecular formula is C36H41N5O5. The molecule has 46 heavy (non-hydrogen) atoms. The summed E-state index contributed by atoms with van der Waals surface area (Å²) in [5.74, 6) is 0.135. The van der Waals surface area contributed by atoms with Crippen LogP contribution >= 0.6 is 0 Å². The second-order valence-corrected chi connectivity index (χ2v) is 13.6. The molecule has 2 aliphatic rings.